The summed E-state index contributed by atoms with van der Waals surface area (Å²) >= 11 is 0. The standard InChI is InChI=1S/C30H29F5O2/c1-3-5-18-6-10-21(37-17-18)11-9-19-7-8-20(16-25(19)31)22-12-13-23(28(33)27(22)32)24-14-15-26(36-4-2)30(35)29(24)34/h3,5,7-8,12-16,18,21H,4,6,9-11,17H2,1-2H3. The second-order valence-electron chi connectivity index (χ2n) is 9.12. The zero-order chi connectivity index (χ0) is 26.5. The van der Waals surface area contributed by atoms with Gasteiger partial charge in [-0.15, -0.1) is 0 Å². The minimum Gasteiger partial charge on any atom is -0.491 e. The Morgan fingerprint density at radius 1 is 0.865 bits per heavy atom. The maximum Gasteiger partial charge on any atom is 0.201 e. The van der Waals surface area contributed by atoms with E-state index in [9.17, 15) is 17.6 Å². The summed E-state index contributed by atoms with van der Waals surface area (Å²) in [6.45, 7) is 4.37. The van der Waals surface area contributed by atoms with Crippen molar-refractivity contribution < 1.29 is 31.4 Å². The van der Waals surface area contributed by atoms with Gasteiger partial charge in [0, 0.05) is 22.6 Å². The molecule has 0 N–H and O–H groups in total. The maximum atomic E-state index is 15.0. The molecule has 0 spiro atoms. The predicted molar refractivity (Wildman–Crippen MR) is 134 cm³/mol. The van der Waals surface area contributed by atoms with Crippen molar-refractivity contribution in [2.24, 2.45) is 5.92 Å². The highest BCUT2D eigenvalue weighted by Gasteiger charge is 2.23. The SMILES string of the molecule is CC=CC1CCC(CCc2ccc(-c3ccc(-c4ccc(OCC)c(F)c4F)c(F)c3F)cc2F)OC1. The minimum atomic E-state index is -1.35. The summed E-state index contributed by atoms with van der Waals surface area (Å²) in [7, 11) is 0. The molecule has 2 unspecified atom stereocenters. The second kappa shape index (κ2) is 11.9. The smallest absolute Gasteiger partial charge is 0.201 e. The Morgan fingerprint density at radius 2 is 1.54 bits per heavy atom. The molecule has 196 valence electrons. The third kappa shape index (κ3) is 5.87. The van der Waals surface area contributed by atoms with Gasteiger partial charge in [-0.1, -0.05) is 36.4 Å². The number of rotatable bonds is 8. The van der Waals surface area contributed by atoms with Crippen molar-refractivity contribution in [2.45, 2.75) is 45.6 Å². The van der Waals surface area contributed by atoms with Gasteiger partial charge in [0.25, 0.3) is 0 Å². The molecule has 0 aliphatic carbocycles. The quantitative estimate of drug-likeness (QED) is 0.221. The van der Waals surface area contributed by atoms with Crippen LogP contribution in [-0.2, 0) is 11.2 Å². The van der Waals surface area contributed by atoms with E-state index in [1.54, 1.807) is 13.0 Å². The first-order valence-corrected chi connectivity index (χ1v) is 12.5. The first kappa shape index (κ1) is 26.9. The van der Waals surface area contributed by atoms with Gasteiger partial charge in [-0.2, -0.15) is 4.39 Å². The van der Waals surface area contributed by atoms with Gasteiger partial charge in [-0.05, 0) is 68.9 Å². The van der Waals surface area contributed by atoms with Crippen molar-refractivity contribution in [1.82, 2.24) is 0 Å². The van der Waals surface area contributed by atoms with Crippen LogP contribution in [0.2, 0.25) is 0 Å². The summed E-state index contributed by atoms with van der Waals surface area (Å²) in [5.41, 5.74) is -0.448. The Labute approximate surface area is 213 Å². The lowest BCUT2D eigenvalue weighted by atomic mass is 9.94. The number of hydrogen-bond acceptors (Lipinski definition) is 2. The van der Waals surface area contributed by atoms with Crippen LogP contribution in [0.5, 0.6) is 5.75 Å². The number of hydrogen-bond donors (Lipinski definition) is 0. The number of allylic oxidation sites excluding steroid dienone is 1. The summed E-state index contributed by atoms with van der Waals surface area (Å²) < 4.78 is 84.5. The fraction of sp³-hybridized carbons (Fsp3) is 0.333. The Balaban J connectivity index is 1.51. The molecule has 1 aliphatic rings. The van der Waals surface area contributed by atoms with E-state index in [-0.39, 0.29) is 29.6 Å². The Morgan fingerprint density at radius 3 is 2.19 bits per heavy atom. The molecule has 37 heavy (non-hydrogen) atoms. The number of aryl methyl sites for hydroxylation is 1. The van der Waals surface area contributed by atoms with Gasteiger partial charge in [-0.3, -0.25) is 0 Å². The van der Waals surface area contributed by atoms with Crippen molar-refractivity contribution in [3.8, 4) is 28.0 Å². The topological polar surface area (TPSA) is 18.5 Å². The van der Waals surface area contributed by atoms with E-state index < -0.39 is 40.2 Å². The molecule has 0 amide bonds. The second-order valence-corrected chi connectivity index (χ2v) is 9.12. The average Bonchev–Trinajstić information content (AvgIpc) is 2.89. The van der Waals surface area contributed by atoms with Crippen molar-refractivity contribution in [2.75, 3.05) is 13.2 Å². The van der Waals surface area contributed by atoms with Crippen molar-refractivity contribution in [3.05, 3.63) is 89.3 Å². The normalized spacial score (nSPS) is 17.9. The molecule has 1 fully saturated rings. The van der Waals surface area contributed by atoms with Crippen molar-refractivity contribution >= 4 is 0 Å². The van der Waals surface area contributed by atoms with Gasteiger partial charge < -0.3 is 9.47 Å². The molecule has 2 atom stereocenters. The first-order valence-electron chi connectivity index (χ1n) is 12.5. The molecule has 0 aromatic heterocycles. The van der Waals surface area contributed by atoms with Gasteiger partial charge in [0.1, 0.15) is 5.82 Å². The minimum absolute atomic E-state index is 0.0625. The highest BCUT2D eigenvalue weighted by Crippen LogP contribution is 2.36. The summed E-state index contributed by atoms with van der Waals surface area (Å²) in [6, 6.07) is 8.92. The summed E-state index contributed by atoms with van der Waals surface area (Å²) in [5.74, 6) is -5.67. The van der Waals surface area contributed by atoms with Gasteiger partial charge in [0.05, 0.1) is 19.3 Å². The largest absolute Gasteiger partial charge is 0.491 e. The van der Waals surface area contributed by atoms with Gasteiger partial charge in [-0.25, -0.2) is 17.6 Å². The Bertz CT molecular complexity index is 1280. The molecule has 0 saturated carbocycles. The summed E-state index contributed by atoms with van der Waals surface area (Å²) in [4.78, 5) is 0. The van der Waals surface area contributed by atoms with E-state index in [0.29, 0.717) is 30.9 Å². The lowest BCUT2D eigenvalue weighted by molar-refractivity contribution is -0.00798. The lowest BCUT2D eigenvalue weighted by Crippen LogP contribution is -2.25. The maximum absolute atomic E-state index is 15.0. The van der Waals surface area contributed by atoms with Crippen LogP contribution in [-0.4, -0.2) is 19.3 Å². The third-order valence-electron chi connectivity index (χ3n) is 6.69. The van der Waals surface area contributed by atoms with E-state index in [2.05, 4.69) is 6.08 Å². The highest BCUT2D eigenvalue weighted by molar-refractivity contribution is 5.72. The van der Waals surface area contributed by atoms with Crippen molar-refractivity contribution in [3.63, 3.8) is 0 Å². The van der Waals surface area contributed by atoms with Gasteiger partial charge >= 0.3 is 0 Å². The van der Waals surface area contributed by atoms with Gasteiger partial charge in [0.15, 0.2) is 23.2 Å². The highest BCUT2D eigenvalue weighted by atomic mass is 19.2. The molecule has 0 bridgehead atoms. The molecular weight excluding hydrogens is 487 g/mol. The van der Waals surface area contributed by atoms with Crippen LogP contribution < -0.4 is 4.74 Å². The van der Waals surface area contributed by atoms with Crippen LogP contribution in [0.25, 0.3) is 22.3 Å². The van der Waals surface area contributed by atoms with E-state index in [1.807, 2.05) is 13.0 Å². The predicted octanol–water partition coefficient (Wildman–Crippen LogP) is 8.42. The monoisotopic (exact) mass is 516 g/mol. The summed E-state index contributed by atoms with van der Waals surface area (Å²) in [6.07, 6.45) is 7.29. The van der Waals surface area contributed by atoms with Gasteiger partial charge in [0.2, 0.25) is 5.82 Å². The molecule has 4 rings (SSSR count). The summed E-state index contributed by atoms with van der Waals surface area (Å²) in [5, 5.41) is 0. The molecule has 3 aromatic rings. The van der Waals surface area contributed by atoms with Crippen LogP contribution in [0.15, 0.2) is 54.6 Å². The molecule has 1 aliphatic heterocycles. The van der Waals surface area contributed by atoms with Crippen LogP contribution >= 0.6 is 0 Å². The average molecular weight is 517 g/mol. The lowest BCUT2D eigenvalue weighted by Gasteiger charge is -2.27. The fourth-order valence-electron chi connectivity index (χ4n) is 4.70. The first-order chi connectivity index (χ1) is 17.8. The van der Waals surface area contributed by atoms with Crippen LogP contribution in [0.4, 0.5) is 22.0 Å². The molecule has 0 radical (unpaired) electrons. The van der Waals surface area contributed by atoms with E-state index in [1.165, 1.54) is 12.1 Å². The zero-order valence-corrected chi connectivity index (χ0v) is 20.8. The molecule has 7 heteroatoms. The molecular formula is C30H29F5O2. The van der Waals surface area contributed by atoms with Crippen LogP contribution in [0, 0.1) is 35.0 Å². The molecule has 2 nitrogen and oxygen atoms in total. The number of ether oxygens (including phenoxy) is 2. The fourth-order valence-corrected chi connectivity index (χ4v) is 4.70. The van der Waals surface area contributed by atoms with E-state index in [4.69, 9.17) is 9.47 Å². The Kier molecular flexibility index (Phi) is 8.64. The third-order valence-corrected chi connectivity index (χ3v) is 6.69. The van der Waals surface area contributed by atoms with Crippen molar-refractivity contribution in [1.29, 1.82) is 0 Å². The van der Waals surface area contributed by atoms with Crippen LogP contribution in [0.3, 0.4) is 0 Å². The number of benzene rings is 3. The molecule has 1 heterocycles. The molecule has 3 aromatic carbocycles. The Hall–Kier alpha value is -3.19. The van der Waals surface area contributed by atoms with E-state index in [0.717, 1.165) is 37.1 Å². The number of halogens is 5. The van der Waals surface area contributed by atoms with Crippen LogP contribution in [0.1, 0.15) is 38.7 Å². The molecule has 1 saturated heterocycles. The zero-order valence-electron chi connectivity index (χ0n) is 20.8. The van der Waals surface area contributed by atoms with E-state index >= 15 is 4.39 Å².